The van der Waals surface area contributed by atoms with E-state index >= 15 is 0 Å². The maximum absolute atomic E-state index is 7.52. The molecule has 0 saturated heterocycles. The third kappa shape index (κ3) is 1.33. The lowest BCUT2D eigenvalue weighted by Gasteiger charge is -1.99. The Bertz CT molecular complexity index is 380. The van der Waals surface area contributed by atoms with E-state index in [-0.39, 0.29) is 33.7 Å². The number of halogens is 1. The number of hydrogen-bond acceptors (Lipinski definition) is 0. The van der Waals surface area contributed by atoms with Crippen LogP contribution in [-0.2, 0) is 0 Å². The van der Waals surface area contributed by atoms with Gasteiger partial charge in [0.25, 0.3) is 0 Å². The number of rotatable bonds is 0. The normalized spacial score (nSPS) is 20.7. The molecular weight excluding hydrogens is 176 g/mol. The van der Waals surface area contributed by atoms with Gasteiger partial charge in [0.2, 0.25) is 0 Å². The highest BCUT2D eigenvalue weighted by molar-refractivity contribution is 9.10. The molecule has 1 heteroatoms. The molecule has 1 aromatic carbocycles. The molecule has 1 aromatic rings. The molecule has 0 bridgehead atoms. The average molecular weight is 191 g/mol. The van der Waals surface area contributed by atoms with E-state index in [4.69, 9.17) is 8.22 Å². The molecule has 0 aromatic heterocycles. The van der Waals surface area contributed by atoms with Gasteiger partial charge in [0.05, 0.1) is 4.11 Å². The number of hydrogen-bond donors (Lipinski definition) is 0. The number of benzene rings is 1. The summed E-state index contributed by atoms with van der Waals surface area (Å²) in [7, 11) is 0. The van der Waals surface area contributed by atoms with Gasteiger partial charge in [0.1, 0.15) is 0 Å². The molecule has 0 aliphatic carbocycles. The Morgan fingerprint density at radius 3 is 3.11 bits per heavy atom. The first-order valence-electron chi connectivity index (χ1n) is 5.44. The third-order valence-electron chi connectivity index (χ3n) is 1.02. The molecule has 0 unspecified atom stereocenters. The predicted molar refractivity (Wildman–Crippen MR) is 43.6 cm³/mol. The Hall–Kier alpha value is -0.300. The molecule has 0 fully saturated rings. The third-order valence-corrected chi connectivity index (χ3v) is 1.61. The maximum Gasteiger partial charge on any atom is 0.0635 e. The molecule has 0 amide bonds. The van der Waals surface area contributed by atoms with Crippen molar-refractivity contribution in [3.63, 3.8) is 0 Å². The zero-order valence-corrected chi connectivity index (χ0v) is 6.46. The van der Waals surface area contributed by atoms with Crippen LogP contribution in [0.5, 0.6) is 0 Å². The van der Waals surface area contributed by atoms with Crippen LogP contribution in [0.15, 0.2) is 22.6 Å². The second kappa shape index (κ2) is 2.53. The van der Waals surface area contributed by atoms with Gasteiger partial charge in [0.15, 0.2) is 0 Å². The minimum absolute atomic E-state index is 0.0477. The van der Waals surface area contributed by atoms with Crippen LogP contribution in [0.25, 0.3) is 0 Å². The van der Waals surface area contributed by atoms with Gasteiger partial charge >= 0.3 is 0 Å². The van der Waals surface area contributed by atoms with E-state index in [0.29, 0.717) is 0 Å². The Balaban J connectivity index is 3.68. The Morgan fingerprint density at radius 1 is 1.67 bits per heavy atom. The van der Waals surface area contributed by atoms with Gasteiger partial charge in [-0.1, -0.05) is 28.0 Å². The van der Waals surface area contributed by atoms with E-state index in [2.05, 4.69) is 15.9 Å². The first-order valence-corrected chi connectivity index (χ1v) is 3.23. The Kier molecular flexibility index (Phi) is 0.670. The summed E-state index contributed by atoms with van der Waals surface area (Å²) >= 11 is 3.00. The summed E-state index contributed by atoms with van der Waals surface area (Å²) in [5, 5.41) is 0. The summed E-state index contributed by atoms with van der Waals surface area (Å²) in [4.78, 5) is 0. The van der Waals surface area contributed by atoms with Crippen LogP contribution in [0.4, 0.5) is 0 Å². The second-order valence-electron chi connectivity index (χ2n) is 1.69. The highest BCUT2D eigenvalue weighted by atomic mass is 79.9. The lowest BCUT2D eigenvalue weighted by atomic mass is 10.1. The van der Waals surface area contributed by atoms with Crippen molar-refractivity contribution >= 4 is 15.9 Å². The van der Waals surface area contributed by atoms with E-state index in [1.165, 1.54) is 6.92 Å². The topological polar surface area (TPSA) is 0 Å². The van der Waals surface area contributed by atoms with Crippen molar-refractivity contribution in [3.05, 3.63) is 33.7 Å². The summed E-state index contributed by atoms with van der Waals surface area (Å²) in [6.07, 6.45) is 0. The van der Waals surface area contributed by atoms with Crippen LogP contribution in [0.2, 0.25) is 0 Å². The van der Waals surface area contributed by atoms with Crippen LogP contribution in [0.1, 0.15) is 19.4 Å². The van der Waals surface area contributed by atoms with E-state index in [0.717, 1.165) is 0 Å². The summed E-state index contributed by atoms with van der Waals surface area (Å²) in [5.41, 5.74) is 0.177. The fourth-order valence-corrected chi connectivity index (χ4v) is 0.866. The molecule has 9 heavy (non-hydrogen) atoms. The quantitative estimate of drug-likeness (QED) is 0.591. The predicted octanol–water partition coefficient (Wildman–Crippen LogP) is 3.07. The fraction of sp³-hybridized carbons (Fsp3) is 0.250. The summed E-state index contributed by atoms with van der Waals surface area (Å²) in [6, 6.07) is -0.710. The smallest absolute Gasteiger partial charge is 0.0609 e. The van der Waals surface area contributed by atoms with Crippen molar-refractivity contribution in [1.29, 1.82) is 0 Å². The van der Waals surface area contributed by atoms with Crippen LogP contribution in [0, 0.1) is 13.8 Å². The Morgan fingerprint density at radius 2 is 2.44 bits per heavy atom. The highest BCUT2D eigenvalue weighted by Crippen LogP contribution is 2.17. The molecule has 48 valence electrons. The van der Waals surface area contributed by atoms with Crippen LogP contribution < -0.4 is 0 Å². The SMILES string of the molecule is [2H]c1c([2H])c(C)c(C([2H])([2H])[2H])c(Br)c1[2H]. The molecule has 0 saturated carbocycles. The van der Waals surface area contributed by atoms with Gasteiger partial charge in [-0.25, -0.2) is 0 Å². The molecule has 0 nitrogen and oxygen atoms in total. The first-order chi connectivity index (χ1) is 6.68. The molecule has 0 atom stereocenters. The molecule has 0 aliphatic heterocycles. The van der Waals surface area contributed by atoms with Gasteiger partial charge < -0.3 is 0 Å². The molecule has 0 aliphatic rings. The zero-order chi connectivity index (χ0) is 12.0. The highest BCUT2D eigenvalue weighted by Gasteiger charge is 1.93. The summed E-state index contributed by atoms with van der Waals surface area (Å²) in [5.74, 6) is 0. The minimum atomic E-state index is -2.37. The van der Waals surface area contributed by atoms with E-state index < -0.39 is 6.85 Å². The van der Waals surface area contributed by atoms with Gasteiger partial charge in [-0.15, -0.1) is 0 Å². The van der Waals surface area contributed by atoms with Crippen molar-refractivity contribution in [2.75, 3.05) is 0 Å². The van der Waals surface area contributed by atoms with Gasteiger partial charge in [-0.2, -0.15) is 0 Å². The fourth-order valence-electron chi connectivity index (χ4n) is 0.469. The first kappa shape index (κ1) is 2.39. The lowest BCUT2D eigenvalue weighted by Crippen LogP contribution is -1.79. The van der Waals surface area contributed by atoms with Gasteiger partial charge in [-0.05, 0) is 30.9 Å². The van der Waals surface area contributed by atoms with E-state index in [1.54, 1.807) is 0 Å². The largest absolute Gasteiger partial charge is 0.0635 e. The van der Waals surface area contributed by atoms with Crippen molar-refractivity contribution < 1.29 is 8.22 Å². The van der Waals surface area contributed by atoms with Gasteiger partial charge in [-0.3, -0.25) is 0 Å². The average Bonchev–Trinajstić information content (AvgIpc) is 2.09. The standard InChI is InChI=1S/C8H9Br/c1-6-4-3-5-8(9)7(6)2/h3-5H,1-2H3/i2D3,3D,4D,5D. The molecule has 0 N–H and O–H groups in total. The summed E-state index contributed by atoms with van der Waals surface area (Å²) in [6.45, 7) is -0.894. The molecular formula is C8H9Br. The second-order valence-corrected chi connectivity index (χ2v) is 2.48. The summed E-state index contributed by atoms with van der Waals surface area (Å²) < 4.78 is 44.4. The molecule has 0 heterocycles. The van der Waals surface area contributed by atoms with Crippen molar-refractivity contribution in [2.45, 2.75) is 13.8 Å². The monoisotopic (exact) mass is 190 g/mol. The van der Waals surface area contributed by atoms with Gasteiger partial charge in [0, 0.05) is 8.58 Å². The molecule has 1 rings (SSSR count). The Labute approximate surface area is 72.5 Å². The van der Waals surface area contributed by atoms with E-state index in [1.807, 2.05) is 0 Å². The van der Waals surface area contributed by atoms with Crippen molar-refractivity contribution in [1.82, 2.24) is 0 Å². The minimum Gasteiger partial charge on any atom is -0.0609 e. The lowest BCUT2D eigenvalue weighted by molar-refractivity contribution is 1.32. The van der Waals surface area contributed by atoms with Crippen LogP contribution in [-0.4, -0.2) is 0 Å². The van der Waals surface area contributed by atoms with E-state index in [9.17, 15) is 0 Å². The van der Waals surface area contributed by atoms with Crippen molar-refractivity contribution in [3.8, 4) is 0 Å². The molecule has 0 radical (unpaired) electrons. The molecule has 0 spiro atoms. The van der Waals surface area contributed by atoms with Crippen LogP contribution in [0.3, 0.4) is 0 Å². The van der Waals surface area contributed by atoms with Crippen LogP contribution >= 0.6 is 15.9 Å². The maximum atomic E-state index is 7.52. The zero-order valence-electron chi connectivity index (χ0n) is 10.9. The van der Waals surface area contributed by atoms with Crippen molar-refractivity contribution in [2.24, 2.45) is 0 Å².